The van der Waals surface area contributed by atoms with Gasteiger partial charge in [-0.3, -0.25) is 0 Å². The summed E-state index contributed by atoms with van der Waals surface area (Å²) in [5, 5.41) is 0. The Balaban J connectivity index is 2.47. The Morgan fingerprint density at radius 2 is 2.07 bits per heavy atom. The van der Waals surface area contributed by atoms with Crippen LogP contribution in [0.2, 0.25) is 0 Å². The van der Waals surface area contributed by atoms with Gasteiger partial charge in [0.1, 0.15) is 0 Å². The lowest BCUT2D eigenvalue weighted by Gasteiger charge is -2.30. The number of hydrogen-bond acceptors (Lipinski definition) is 1. The topological polar surface area (TPSA) is 26.0 Å². The Morgan fingerprint density at radius 3 is 2.71 bits per heavy atom. The van der Waals surface area contributed by atoms with Crippen LogP contribution in [0.3, 0.4) is 0 Å². The number of hydrogen-bond donors (Lipinski definition) is 1. The van der Waals surface area contributed by atoms with Gasteiger partial charge in [-0.25, -0.2) is 0 Å². The van der Waals surface area contributed by atoms with Gasteiger partial charge in [0.05, 0.1) is 0 Å². The Hall–Kier alpha value is -0.820. The van der Waals surface area contributed by atoms with Crippen LogP contribution in [0.4, 0.5) is 0 Å². The van der Waals surface area contributed by atoms with Gasteiger partial charge >= 0.3 is 0 Å². The maximum atomic E-state index is 6.52. The monoisotopic (exact) mass is 189 g/mol. The first-order valence-corrected chi connectivity index (χ1v) is 5.59. The lowest BCUT2D eigenvalue weighted by Crippen LogP contribution is -2.40. The number of rotatable bonds is 2. The zero-order chi connectivity index (χ0) is 10.2. The summed E-state index contributed by atoms with van der Waals surface area (Å²) in [7, 11) is 0. The summed E-state index contributed by atoms with van der Waals surface area (Å²) in [6.07, 6.45) is 3.39. The fourth-order valence-corrected chi connectivity index (χ4v) is 2.81. The molecule has 0 radical (unpaired) electrons. The third-order valence-corrected chi connectivity index (χ3v) is 3.79. The number of benzene rings is 1. The molecule has 0 fully saturated rings. The molecule has 0 heterocycles. The fourth-order valence-electron chi connectivity index (χ4n) is 2.81. The molecule has 1 nitrogen and oxygen atoms in total. The molecule has 0 aromatic heterocycles. The summed E-state index contributed by atoms with van der Waals surface area (Å²) in [5.41, 5.74) is 9.31. The zero-order valence-electron chi connectivity index (χ0n) is 9.09. The SMILES string of the molecule is CCC1Cc2ccccc2C1(N)CC. The minimum atomic E-state index is -0.0641. The maximum Gasteiger partial charge on any atom is 0.0441 e. The zero-order valence-corrected chi connectivity index (χ0v) is 9.09. The van der Waals surface area contributed by atoms with E-state index in [2.05, 4.69) is 38.1 Å². The number of nitrogens with two attached hydrogens (primary N) is 1. The van der Waals surface area contributed by atoms with E-state index in [4.69, 9.17) is 5.73 Å². The highest BCUT2D eigenvalue weighted by Gasteiger charge is 2.40. The van der Waals surface area contributed by atoms with Gasteiger partial charge in [0, 0.05) is 5.54 Å². The van der Waals surface area contributed by atoms with E-state index in [9.17, 15) is 0 Å². The van der Waals surface area contributed by atoms with Crippen LogP contribution in [0, 0.1) is 5.92 Å². The summed E-state index contributed by atoms with van der Waals surface area (Å²) in [4.78, 5) is 0. The Bertz CT molecular complexity index is 332. The summed E-state index contributed by atoms with van der Waals surface area (Å²) in [5.74, 6) is 0.630. The van der Waals surface area contributed by atoms with Gasteiger partial charge in [0.2, 0.25) is 0 Å². The molecule has 0 aliphatic heterocycles. The summed E-state index contributed by atoms with van der Waals surface area (Å²) in [6, 6.07) is 8.65. The van der Waals surface area contributed by atoms with Crippen molar-refractivity contribution >= 4 is 0 Å². The maximum absolute atomic E-state index is 6.52. The van der Waals surface area contributed by atoms with E-state index < -0.39 is 0 Å². The quantitative estimate of drug-likeness (QED) is 0.760. The molecule has 1 aromatic rings. The molecule has 0 saturated heterocycles. The molecule has 1 heteroatoms. The molecule has 2 atom stereocenters. The molecule has 14 heavy (non-hydrogen) atoms. The molecule has 1 aliphatic carbocycles. The van der Waals surface area contributed by atoms with E-state index in [0.29, 0.717) is 5.92 Å². The van der Waals surface area contributed by atoms with Crippen molar-refractivity contribution in [3.63, 3.8) is 0 Å². The minimum Gasteiger partial charge on any atom is -0.321 e. The van der Waals surface area contributed by atoms with Gasteiger partial charge < -0.3 is 5.73 Å². The highest BCUT2D eigenvalue weighted by molar-refractivity contribution is 5.39. The van der Waals surface area contributed by atoms with Crippen LogP contribution in [0.25, 0.3) is 0 Å². The van der Waals surface area contributed by atoms with Gasteiger partial charge in [-0.15, -0.1) is 0 Å². The molecule has 2 rings (SSSR count). The van der Waals surface area contributed by atoms with Crippen molar-refractivity contribution in [2.75, 3.05) is 0 Å². The average molecular weight is 189 g/mol. The van der Waals surface area contributed by atoms with E-state index in [1.807, 2.05) is 0 Å². The summed E-state index contributed by atoms with van der Waals surface area (Å²) >= 11 is 0. The van der Waals surface area contributed by atoms with Crippen molar-refractivity contribution < 1.29 is 0 Å². The van der Waals surface area contributed by atoms with Gasteiger partial charge in [-0.05, 0) is 29.9 Å². The molecule has 0 saturated carbocycles. The third kappa shape index (κ3) is 1.19. The summed E-state index contributed by atoms with van der Waals surface area (Å²) in [6.45, 7) is 4.44. The Kier molecular flexibility index (Phi) is 2.36. The van der Waals surface area contributed by atoms with Crippen molar-refractivity contribution in [2.45, 2.75) is 38.6 Å². The van der Waals surface area contributed by atoms with Crippen molar-refractivity contribution in [3.05, 3.63) is 35.4 Å². The molecule has 0 spiro atoms. The first-order valence-electron chi connectivity index (χ1n) is 5.59. The molecule has 1 aliphatic rings. The van der Waals surface area contributed by atoms with Crippen LogP contribution in [-0.2, 0) is 12.0 Å². The van der Waals surface area contributed by atoms with Gasteiger partial charge in [-0.1, -0.05) is 44.5 Å². The lowest BCUT2D eigenvalue weighted by atomic mass is 9.81. The predicted octanol–water partition coefficient (Wildman–Crippen LogP) is 2.83. The molecule has 76 valence electrons. The van der Waals surface area contributed by atoms with Crippen molar-refractivity contribution in [3.8, 4) is 0 Å². The highest BCUT2D eigenvalue weighted by Crippen LogP contribution is 2.42. The van der Waals surface area contributed by atoms with Crippen molar-refractivity contribution in [2.24, 2.45) is 11.7 Å². The first-order chi connectivity index (χ1) is 6.72. The minimum absolute atomic E-state index is 0.0641. The van der Waals surface area contributed by atoms with Gasteiger partial charge in [0.15, 0.2) is 0 Å². The van der Waals surface area contributed by atoms with Crippen LogP contribution < -0.4 is 5.73 Å². The molecular weight excluding hydrogens is 170 g/mol. The van der Waals surface area contributed by atoms with Crippen LogP contribution in [0.5, 0.6) is 0 Å². The van der Waals surface area contributed by atoms with Crippen LogP contribution in [0.15, 0.2) is 24.3 Å². The van der Waals surface area contributed by atoms with E-state index in [1.165, 1.54) is 17.5 Å². The van der Waals surface area contributed by atoms with Crippen LogP contribution >= 0.6 is 0 Å². The molecule has 1 aromatic carbocycles. The highest BCUT2D eigenvalue weighted by atomic mass is 14.8. The average Bonchev–Trinajstić information content (AvgIpc) is 2.53. The van der Waals surface area contributed by atoms with E-state index in [1.54, 1.807) is 0 Å². The molecular formula is C13H19N. The van der Waals surface area contributed by atoms with Crippen molar-refractivity contribution in [1.29, 1.82) is 0 Å². The lowest BCUT2D eigenvalue weighted by molar-refractivity contribution is 0.283. The fraction of sp³-hybridized carbons (Fsp3) is 0.538. The molecule has 2 N–H and O–H groups in total. The summed E-state index contributed by atoms with van der Waals surface area (Å²) < 4.78 is 0. The Morgan fingerprint density at radius 1 is 1.36 bits per heavy atom. The van der Waals surface area contributed by atoms with Gasteiger partial charge in [0.25, 0.3) is 0 Å². The normalized spacial score (nSPS) is 30.4. The second-order valence-electron chi connectivity index (χ2n) is 4.36. The Labute approximate surface area is 86.3 Å². The number of fused-ring (bicyclic) bond motifs is 1. The van der Waals surface area contributed by atoms with Crippen molar-refractivity contribution in [1.82, 2.24) is 0 Å². The van der Waals surface area contributed by atoms with Crippen LogP contribution in [0.1, 0.15) is 37.8 Å². The standard InChI is InChI=1S/C13H19N/c1-3-11-9-10-7-5-6-8-12(10)13(11,14)4-2/h5-8,11H,3-4,9,14H2,1-2H3. The molecule has 0 bridgehead atoms. The third-order valence-electron chi connectivity index (χ3n) is 3.79. The molecule has 0 amide bonds. The van der Waals surface area contributed by atoms with Crippen LogP contribution in [-0.4, -0.2) is 0 Å². The first kappa shape index (κ1) is 9.72. The molecule has 2 unspecified atom stereocenters. The predicted molar refractivity (Wildman–Crippen MR) is 60.1 cm³/mol. The smallest absolute Gasteiger partial charge is 0.0441 e. The van der Waals surface area contributed by atoms with E-state index in [-0.39, 0.29) is 5.54 Å². The van der Waals surface area contributed by atoms with E-state index in [0.717, 1.165) is 12.8 Å². The second-order valence-corrected chi connectivity index (χ2v) is 4.36. The largest absolute Gasteiger partial charge is 0.321 e. The van der Waals surface area contributed by atoms with E-state index >= 15 is 0 Å². The van der Waals surface area contributed by atoms with Gasteiger partial charge in [-0.2, -0.15) is 0 Å². The second kappa shape index (κ2) is 3.39.